The SMILES string of the molecule is Cl.NCCOc1ccc(-c2cccc(Cl)c2)cc1F. The number of benzene rings is 2. The van der Waals surface area contributed by atoms with Gasteiger partial charge in [0.25, 0.3) is 0 Å². The van der Waals surface area contributed by atoms with E-state index in [1.807, 2.05) is 12.1 Å². The monoisotopic (exact) mass is 301 g/mol. The first kappa shape index (κ1) is 15.8. The number of ether oxygens (including phenoxy) is 1. The second-order valence-corrected chi connectivity index (χ2v) is 4.23. The first-order valence-corrected chi connectivity index (χ1v) is 5.97. The van der Waals surface area contributed by atoms with Gasteiger partial charge in [-0.1, -0.05) is 29.8 Å². The fourth-order valence-corrected chi connectivity index (χ4v) is 1.82. The molecule has 102 valence electrons. The van der Waals surface area contributed by atoms with Crippen LogP contribution in [0.5, 0.6) is 5.75 Å². The zero-order chi connectivity index (χ0) is 13.0. The van der Waals surface area contributed by atoms with Crippen molar-refractivity contribution in [2.24, 2.45) is 5.73 Å². The Labute approximate surface area is 122 Å². The molecule has 2 nitrogen and oxygen atoms in total. The summed E-state index contributed by atoms with van der Waals surface area (Å²) in [7, 11) is 0. The Balaban J connectivity index is 0.00000180. The van der Waals surface area contributed by atoms with Gasteiger partial charge < -0.3 is 10.5 Å². The summed E-state index contributed by atoms with van der Waals surface area (Å²) < 4.78 is 18.9. The van der Waals surface area contributed by atoms with E-state index in [1.54, 1.807) is 24.3 Å². The van der Waals surface area contributed by atoms with Crippen LogP contribution in [-0.2, 0) is 0 Å². The Morgan fingerprint density at radius 3 is 2.47 bits per heavy atom. The second kappa shape index (κ2) is 7.34. The number of hydrogen-bond acceptors (Lipinski definition) is 2. The maximum atomic E-state index is 13.8. The smallest absolute Gasteiger partial charge is 0.165 e. The van der Waals surface area contributed by atoms with Gasteiger partial charge in [0.05, 0.1) is 0 Å². The zero-order valence-corrected chi connectivity index (χ0v) is 11.7. The molecule has 19 heavy (non-hydrogen) atoms. The van der Waals surface area contributed by atoms with Gasteiger partial charge in [-0.15, -0.1) is 12.4 Å². The average molecular weight is 302 g/mol. The molecule has 0 amide bonds. The summed E-state index contributed by atoms with van der Waals surface area (Å²) in [6.45, 7) is 0.656. The molecule has 0 saturated heterocycles. The molecule has 0 aliphatic rings. The predicted octanol–water partition coefficient (Wildman–Crippen LogP) is 3.91. The van der Waals surface area contributed by atoms with Crippen LogP contribution < -0.4 is 10.5 Å². The van der Waals surface area contributed by atoms with Crippen molar-refractivity contribution in [3.63, 3.8) is 0 Å². The Hall–Kier alpha value is -1.29. The van der Waals surface area contributed by atoms with E-state index in [0.29, 0.717) is 18.2 Å². The van der Waals surface area contributed by atoms with E-state index in [4.69, 9.17) is 22.1 Å². The third kappa shape index (κ3) is 4.10. The van der Waals surface area contributed by atoms with Crippen LogP contribution in [0, 0.1) is 5.82 Å². The van der Waals surface area contributed by atoms with Gasteiger partial charge in [-0.2, -0.15) is 0 Å². The fraction of sp³-hybridized carbons (Fsp3) is 0.143. The number of nitrogens with two attached hydrogens (primary N) is 1. The minimum atomic E-state index is -0.402. The van der Waals surface area contributed by atoms with E-state index in [9.17, 15) is 4.39 Å². The van der Waals surface area contributed by atoms with Gasteiger partial charge in [0.2, 0.25) is 0 Å². The minimum Gasteiger partial charge on any atom is -0.489 e. The van der Waals surface area contributed by atoms with Crippen LogP contribution in [-0.4, -0.2) is 13.2 Å². The molecule has 0 spiro atoms. The first-order valence-electron chi connectivity index (χ1n) is 5.59. The van der Waals surface area contributed by atoms with Gasteiger partial charge >= 0.3 is 0 Å². The molecule has 0 aliphatic heterocycles. The first-order chi connectivity index (χ1) is 8.70. The van der Waals surface area contributed by atoms with Crippen molar-refractivity contribution < 1.29 is 9.13 Å². The molecule has 5 heteroatoms. The summed E-state index contributed by atoms with van der Waals surface area (Å²) >= 11 is 5.90. The van der Waals surface area contributed by atoms with Gasteiger partial charge in [0.1, 0.15) is 6.61 Å². The molecule has 0 atom stereocenters. The molecule has 2 N–H and O–H groups in total. The van der Waals surface area contributed by atoms with Crippen molar-refractivity contribution >= 4 is 24.0 Å². The Bertz CT molecular complexity index is 549. The molecule has 0 heterocycles. The molecule has 0 saturated carbocycles. The lowest BCUT2D eigenvalue weighted by molar-refractivity contribution is 0.311. The Kier molecular flexibility index (Phi) is 6.09. The van der Waals surface area contributed by atoms with Gasteiger partial charge in [0.15, 0.2) is 11.6 Å². The molecule has 0 fully saturated rings. The van der Waals surface area contributed by atoms with Crippen LogP contribution in [0.2, 0.25) is 5.02 Å². The van der Waals surface area contributed by atoms with E-state index in [1.165, 1.54) is 6.07 Å². The highest BCUT2D eigenvalue weighted by Gasteiger charge is 2.06. The normalized spacial score (nSPS) is 9.84. The molecule has 0 aliphatic carbocycles. The van der Waals surface area contributed by atoms with Gasteiger partial charge in [-0.05, 0) is 35.4 Å². The fourth-order valence-electron chi connectivity index (χ4n) is 1.63. The van der Waals surface area contributed by atoms with Gasteiger partial charge in [-0.25, -0.2) is 4.39 Å². The predicted molar refractivity (Wildman–Crippen MR) is 78.6 cm³/mol. The van der Waals surface area contributed by atoms with Crippen molar-refractivity contribution in [3.8, 4) is 16.9 Å². The van der Waals surface area contributed by atoms with E-state index in [2.05, 4.69) is 0 Å². The molecule has 2 aromatic carbocycles. The summed E-state index contributed by atoms with van der Waals surface area (Å²) in [6.07, 6.45) is 0. The van der Waals surface area contributed by atoms with Crippen LogP contribution in [0.1, 0.15) is 0 Å². The quantitative estimate of drug-likeness (QED) is 0.929. The van der Waals surface area contributed by atoms with Crippen LogP contribution in [0.3, 0.4) is 0 Å². The summed E-state index contributed by atoms with van der Waals surface area (Å²) in [5, 5.41) is 0.622. The molecular formula is C14H14Cl2FNO. The van der Waals surface area contributed by atoms with Crippen LogP contribution >= 0.6 is 24.0 Å². The summed E-state index contributed by atoms with van der Waals surface area (Å²) in [5.41, 5.74) is 6.93. The summed E-state index contributed by atoms with van der Waals surface area (Å²) in [5.74, 6) is -0.188. The molecular weight excluding hydrogens is 288 g/mol. The molecule has 2 rings (SSSR count). The van der Waals surface area contributed by atoms with Crippen LogP contribution in [0.15, 0.2) is 42.5 Å². The molecule has 0 aromatic heterocycles. The number of rotatable bonds is 4. The maximum absolute atomic E-state index is 13.8. The third-order valence-electron chi connectivity index (χ3n) is 2.47. The van der Waals surface area contributed by atoms with E-state index >= 15 is 0 Å². The lowest BCUT2D eigenvalue weighted by Crippen LogP contribution is -2.11. The summed E-state index contributed by atoms with van der Waals surface area (Å²) in [4.78, 5) is 0. The molecule has 0 unspecified atom stereocenters. The van der Waals surface area contributed by atoms with Crippen LogP contribution in [0.25, 0.3) is 11.1 Å². The lowest BCUT2D eigenvalue weighted by Gasteiger charge is -2.08. The summed E-state index contributed by atoms with van der Waals surface area (Å²) in [6, 6.07) is 12.1. The average Bonchev–Trinajstić information content (AvgIpc) is 2.37. The highest BCUT2D eigenvalue weighted by atomic mass is 35.5. The maximum Gasteiger partial charge on any atom is 0.165 e. The number of halogens is 3. The van der Waals surface area contributed by atoms with Crippen molar-refractivity contribution in [2.75, 3.05) is 13.2 Å². The van der Waals surface area contributed by atoms with E-state index < -0.39 is 5.82 Å². The molecule has 2 aromatic rings. The lowest BCUT2D eigenvalue weighted by atomic mass is 10.1. The van der Waals surface area contributed by atoms with Crippen molar-refractivity contribution in [2.45, 2.75) is 0 Å². The largest absolute Gasteiger partial charge is 0.489 e. The number of hydrogen-bond donors (Lipinski definition) is 1. The third-order valence-corrected chi connectivity index (χ3v) is 2.70. The van der Waals surface area contributed by atoms with Gasteiger partial charge in [-0.3, -0.25) is 0 Å². The second-order valence-electron chi connectivity index (χ2n) is 3.79. The molecule has 0 radical (unpaired) electrons. The van der Waals surface area contributed by atoms with Crippen molar-refractivity contribution in [3.05, 3.63) is 53.3 Å². The minimum absolute atomic E-state index is 0. The highest BCUT2D eigenvalue weighted by molar-refractivity contribution is 6.30. The van der Waals surface area contributed by atoms with Crippen LogP contribution in [0.4, 0.5) is 4.39 Å². The Morgan fingerprint density at radius 1 is 1.11 bits per heavy atom. The Morgan fingerprint density at radius 2 is 1.84 bits per heavy atom. The van der Waals surface area contributed by atoms with E-state index in [-0.39, 0.29) is 18.2 Å². The van der Waals surface area contributed by atoms with Gasteiger partial charge in [0, 0.05) is 11.6 Å². The topological polar surface area (TPSA) is 35.2 Å². The van der Waals surface area contributed by atoms with E-state index in [0.717, 1.165) is 11.1 Å². The standard InChI is InChI=1S/C14H13ClFNO.ClH/c15-12-3-1-2-10(8-12)11-4-5-14(13(16)9-11)18-7-6-17;/h1-5,8-9H,6-7,17H2;1H. The molecule has 0 bridgehead atoms. The highest BCUT2D eigenvalue weighted by Crippen LogP contribution is 2.27. The zero-order valence-electron chi connectivity index (χ0n) is 10.1. The van der Waals surface area contributed by atoms with Crippen molar-refractivity contribution in [1.82, 2.24) is 0 Å². The van der Waals surface area contributed by atoms with Crippen molar-refractivity contribution in [1.29, 1.82) is 0 Å².